The van der Waals surface area contributed by atoms with E-state index in [0.29, 0.717) is 24.4 Å². The molecule has 4 rings (SSSR count). The van der Waals surface area contributed by atoms with E-state index in [1.807, 2.05) is 19.1 Å². The normalized spacial score (nSPS) is 20.0. The molecular weight excluding hydrogens is 486 g/mol. The molecule has 2 aromatic carbocycles. The number of rotatable bonds is 7. The van der Waals surface area contributed by atoms with Crippen LogP contribution in [0.25, 0.3) is 0 Å². The Morgan fingerprint density at radius 2 is 1.86 bits per heavy atom. The molecule has 0 bridgehead atoms. The van der Waals surface area contributed by atoms with Crippen LogP contribution < -0.4 is 0 Å². The molecule has 2 saturated heterocycles. The molecule has 9 heteroatoms. The van der Waals surface area contributed by atoms with Gasteiger partial charge in [0.1, 0.15) is 0 Å². The molecule has 2 aliphatic rings. The molecular formula is C26H28ClN3O4S. The number of halogens is 1. The van der Waals surface area contributed by atoms with Crippen molar-refractivity contribution in [3.63, 3.8) is 0 Å². The number of ketones is 1. The van der Waals surface area contributed by atoms with Crippen LogP contribution in [0.15, 0.2) is 53.4 Å². The van der Waals surface area contributed by atoms with E-state index in [0.717, 1.165) is 18.4 Å². The maximum Gasteiger partial charge on any atom is 0.254 e. The highest BCUT2D eigenvalue weighted by Gasteiger charge is 2.38. The number of sulfonamides is 1. The number of carbonyl (C=O) groups excluding carboxylic acids is 2. The van der Waals surface area contributed by atoms with Crippen LogP contribution in [0.4, 0.5) is 0 Å². The van der Waals surface area contributed by atoms with Gasteiger partial charge in [-0.2, -0.15) is 9.57 Å². The van der Waals surface area contributed by atoms with Gasteiger partial charge in [0.25, 0.3) is 5.91 Å². The third-order valence-corrected chi connectivity index (χ3v) is 8.91. The Morgan fingerprint density at radius 1 is 1.14 bits per heavy atom. The summed E-state index contributed by atoms with van der Waals surface area (Å²) in [5.41, 5.74) is 1.26. The highest BCUT2D eigenvalue weighted by molar-refractivity contribution is 7.89. The summed E-state index contributed by atoms with van der Waals surface area (Å²) in [6, 6.07) is 14.9. The first-order valence-corrected chi connectivity index (χ1v) is 13.6. The highest BCUT2D eigenvalue weighted by atomic mass is 35.5. The molecule has 0 spiro atoms. The fourth-order valence-electron chi connectivity index (χ4n) is 4.68. The monoisotopic (exact) mass is 513 g/mol. The van der Waals surface area contributed by atoms with Gasteiger partial charge in [0.05, 0.1) is 22.9 Å². The predicted molar refractivity (Wildman–Crippen MR) is 132 cm³/mol. The Balaban J connectivity index is 1.50. The Kier molecular flexibility index (Phi) is 7.60. The number of hydrogen-bond acceptors (Lipinski definition) is 5. The first-order chi connectivity index (χ1) is 16.7. The summed E-state index contributed by atoms with van der Waals surface area (Å²) in [5, 5.41) is 9.59. The summed E-state index contributed by atoms with van der Waals surface area (Å²) in [5.74, 6) is -0.643. The van der Waals surface area contributed by atoms with Gasteiger partial charge in [-0.3, -0.25) is 9.59 Å². The lowest BCUT2D eigenvalue weighted by Gasteiger charge is -2.36. The largest absolute Gasteiger partial charge is 0.329 e. The summed E-state index contributed by atoms with van der Waals surface area (Å²) in [6.45, 7) is 2.76. The van der Waals surface area contributed by atoms with Gasteiger partial charge >= 0.3 is 0 Å². The van der Waals surface area contributed by atoms with Crippen molar-refractivity contribution in [2.75, 3.05) is 19.6 Å². The van der Waals surface area contributed by atoms with Gasteiger partial charge in [-0.1, -0.05) is 36.7 Å². The zero-order chi connectivity index (χ0) is 25.2. The van der Waals surface area contributed by atoms with Crippen LogP contribution in [0, 0.1) is 17.2 Å². The maximum atomic E-state index is 13.4. The Morgan fingerprint density at radius 3 is 2.54 bits per heavy atom. The molecule has 2 aliphatic heterocycles. The summed E-state index contributed by atoms with van der Waals surface area (Å²) >= 11 is 5.97. The molecule has 184 valence electrons. The van der Waals surface area contributed by atoms with Gasteiger partial charge in [-0.25, -0.2) is 8.42 Å². The van der Waals surface area contributed by atoms with Gasteiger partial charge in [-0.15, -0.1) is 0 Å². The minimum atomic E-state index is -3.78. The number of piperidine rings is 1. The molecule has 1 amide bonds. The van der Waals surface area contributed by atoms with E-state index in [4.69, 9.17) is 16.9 Å². The zero-order valence-electron chi connectivity index (χ0n) is 19.6. The molecule has 35 heavy (non-hydrogen) atoms. The molecule has 0 aromatic heterocycles. The van der Waals surface area contributed by atoms with Crippen molar-refractivity contribution in [2.45, 2.75) is 49.5 Å². The van der Waals surface area contributed by atoms with E-state index >= 15 is 0 Å². The van der Waals surface area contributed by atoms with Crippen molar-refractivity contribution in [1.82, 2.24) is 9.21 Å². The van der Waals surface area contributed by atoms with E-state index in [-0.39, 0.29) is 47.1 Å². The van der Waals surface area contributed by atoms with Crippen molar-refractivity contribution in [2.24, 2.45) is 5.92 Å². The van der Waals surface area contributed by atoms with Crippen LogP contribution in [-0.4, -0.2) is 55.0 Å². The lowest BCUT2D eigenvalue weighted by atomic mass is 9.89. The van der Waals surface area contributed by atoms with Crippen molar-refractivity contribution < 1.29 is 18.0 Å². The van der Waals surface area contributed by atoms with E-state index < -0.39 is 16.1 Å². The average molecular weight is 514 g/mol. The third-order valence-electron chi connectivity index (χ3n) is 6.83. The maximum absolute atomic E-state index is 13.4. The van der Waals surface area contributed by atoms with Gasteiger partial charge < -0.3 is 4.90 Å². The molecule has 7 nitrogen and oxygen atoms in total. The number of nitrogens with zero attached hydrogens (tertiary/aromatic N) is 3. The molecule has 0 N–H and O–H groups in total. The van der Waals surface area contributed by atoms with E-state index in [2.05, 4.69) is 6.07 Å². The lowest BCUT2D eigenvalue weighted by molar-refractivity contribution is -0.124. The second-order valence-electron chi connectivity index (χ2n) is 9.31. The van der Waals surface area contributed by atoms with Crippen LogP contribution in [0.3, 0.4) is 0 Å². The zero-order valence-corrected chi connectivity index (χ0v) is 21.1. The van der Waals surface area contributed by atoms with E-state index in [9.17, 15) is 18.0 Å². The molecule has 0 aliphatic carbocycles. The standard InChI is InChI=1S/C26H28ClN3O4S/c1-18(20-8-10-22(27)11-9-20)13-25(31)24-7-2-3-12-30(24)26(32)21-5-4-6-23(14-21)35(33,34)29-16-19(15-28)17-29/h4-6,8-11,14,18-19,24H,2-3,7,12-13,16-17H2,1H3/t18-,24-/m1/s1. The molecule has 0 saturated carbocycles. The Bertz CT molecular complexity index is 1250. The van der Waals surface area contributed by atoms with E-state index in [1.165, 1.54) is 16.4 Å². The van der Waals surface area contributed by atoms with Gasteiger partial charge in [0.2, 0.25) is 10.0 Å². The van der Waals surface area contributed by atoms with Crippen LogP contribution in [-0.2, 0) is 14.8 Å². The van der Waals surface area contributed by atoms with Crippen LogP contribution >= 0.6 is 11.6 Å². The lowest BCUT2D eigenvalue weighted by Crippen LogP contribution is -2.49. The van der Waals surface area contributed by atoms with Crippen molar-refractivity contribution in [3.05, 3.63) is 64.7 Å². The van der Waals surface area contributed by atoms with Crippen molar-refractivity contribution in [1.29, 1.82) is 5.26 Å². The van der Waals surface area contributed by atoms with Crippen LogP contribution in [0.5, 0.6) is 0 Å². The summed E-state index contributed by atoms with van der Waals surface area (Å²) in [7, 11) is -3.78. The summed E-state index contributed by atoms with van der Waals surface area (Å²) in [4.78, 5) is 28.3. The average Bonchev–Trinajstić information content (AvgIpc) is 2.83. The molecule has 2 fully saturated rings. The number of carbonyl (C=O) groups is 2. The Hall–Kier alpha value is -2.73. The predicted octanol–water partition coefficient (Wildman–Crippen LogP) is 4.24. The molecule has 2 atom stereocenters. The van der Waals surface area contributed by atoms with Crippen LogP contribution in [0.2, 0.25) is 5.02 Å². The van der Waals surface area contributed by atoms with Crippen molar-refractivity contribution in [3.8, 4) is 6.07 Å². The fourth-order valence-corrected chi connectivity index (χ4v) is 6.38. The second-order valence-corrected chi connectivity index (χ2v) is 11.7. The van der Waals surface area contributed by atoms with Crippen molar-refractivity contribution >= 4 is 33.3 Å². The SMILES string of the molecule is C[C@H](CC(=O)[C@H]1CCCCN1C(=O)c1cccc(S(=O)(=O)N2CC(C#N)C2)c1)c1ccc(Cl)cc1. The molecule has 0 unspecified atom stereocenters. The van der Waals surface area contributed by atoms with Crippen LogP contribution in [0.1, 0.15) is 54.4 Å². The highest BCUT2D eigenvalue weighted by Crippen LogP contribution is 2.28. The Labute approximate surface area is 211 Å². The number of likely N-dealkylation sites (tertiary alicyclic amines) is 1. The summed E-state index contributed by atoms with van der Waals surface area (Å²) < 4.78 is 27.1. The van der Waals surface area contributed by atoms with Gasteiger partial charge in [0, 0.05) is 36.6 Å². The second kappa shape index (κ2) is 10.5. The minimum absolute atomic E-state index is 0.00685. The first-order valence-electron chi connectivity index (χ1n) is 11.8. The third kappa shape index (κ3) is 5.43. The topological polar surface area (TPSA) is 98.6 Å². The van der Waals surface area contributed by atoms with Gasteiger partial charge in [-0.05, 0) is 61.1 Å². The molecule has 0 radical (unpaired) electrons. The molecule has 2 aromatic rings. The van der Waals surface area contributed by atoms with E-state index in [1.54, 1.807) is 29.2 Å². The van der Waals surface area contributed by atoms with Gasteiger partial charge in [0.15, 0.2) is 5.78 Å². The minimum Gasteiger partial charge on any atom is -0.329 e. The number of hydrogen-bond donors (Lipinski definition) is 0. The quantitative estimate of drug-likeness (QED) is 0.551. The number of Topliss-reactive ketones (excluding diaryl/α,β-unsaturated/α-hetero) is 1. The summed E-state index contributed by atoms with van der Waals surface area (Å²) in [6.07, 6.45) is 2.56. The number of nitriles is 1. The first kappa shape index (κ1) is 25.4. The fraction of sp³-hybridized carbons (Fsp3) is 0.423. The smallest absolute Gasteiger partial charge is 0.254 e. The number of amides is 1. The number of benzene rings is 2. The molecule has 2 heterocycles.